The highest BCUT2D eigenvalue weighted by Crippen LogP contribution is 2.38. The van der Waals surface area contributed by atoms with Crippen molar-refractivity contribution in [1.82, 2.24) is 4.90 Å². The molecule has 1 amide bonds. The first kappa shape index (κ1) is 17.8. The molecule has 138 valence electrons. The van der Waals surface area contributed by atoms with Crippen LogP contribution in [0.3, 0.4) is 0 Å². The molecule has 2 aliphatic heterocycles. The van der Waals surface area contributed by atoms with E-state index in [1.54, 1.807) is 11.0 Å². The van der Waals surface area contributed by atoms with Gasteiger partial charge in [-0.25, -0.2) is 0 Å². The number of hydrogen-bond donors (Lipinski definition) is 0. The van der Waals surface area contributed by atoms with Crippen LogP contribution >= 0.6 is 0 Å². The Kier molecular flexibility index (Phi) is 4.80. The average Bonchev–Trinajstić information content (AvgIpc) is 3.02. The Morgan fingerprint density at radius 1 is 0.893 bits per heavy atom. The SMILES string of the molecule is N#CC(C#N)=C1C(=O)N(CN2CCN(c3ccccc3)CC2)c2ccccc21. The highest BCUT2D eigenvalue weighted by Gasteiger charge is 2.36. The Morgan fingerprint density at radius 3 is 2.21 bits per heavy atom. The predicted molar refractivity (Wildman–Crippen MR) is 107 cm³/mol. The smallest absolute Gasteiger partial charge is 0.262 e. The summed E-state index contributed by atoms with van der Waals surface area (Å²) in [5, 5.41) is 18.5. The summed E-state index contributed by atoms with van der Waals surface area (Å²) in [4.78, 5) is 19.3. The van der Waals surface area contributed by atoms with Crippen molar-refractivity contribution < 1.29 is 4.79 Å². The van der Waals surface area contributed by atoms with Crippen molar-refractivity contribution in [2.24, 2.45) is 0 Å². The van der Waals surface area contributed by atoms with Crippen molar-refractivity contribution >= 4 is 22.9 Å². The number of amides is 1. The number of carbonyl (C=O) groups excluding carboxylic acids is 1. The highest BCUT2D eigenvalue weighted by molar-refractivity contribution is 6.34. The van der Waals surface area contributed by atoms with E-state index in [0.717, 1.165) is 31.9 Å². The predicted octanol–water partition coefficient (Wildman–Crippen LogP) is 2.61. The summed E-state index contributed by atoms with van der Waals surface area (Å²) in [7, 11) is 0. The second-order valence-electron chi connectivity index (χ2n) is 6.81. The molecule has 2 aromatic rings. The van der Waals surface area contributed by atoms with E-state index in [9.17, 15) is 15.3 Å². The maximum atomic E-state index is 13.0. The summed E-state index contributed by atoms with van der Waals surface area (Å²) in [5.74, 6) is -0.273. The first-order chi connectivity index (χ1) is 13.7. The maximum Gasteiger partial charge on any atom is 0.262 e. The van der Waals surface area contributed by atoms with Gasteiger partial charge in [0, 0.05) is 37.4 Å². The van der Waals surface area contributed by atoms with Crippen LogP contribution in [0.4, 0.5) is 11.4 Å². The van der Waals surface area contributed by atoms with Crippen molar-refractivity contribution in [3.63, 3.8) is 0 Å². The lowest BCUT2D eigenvalue weighted by atomic mass is 10.0. The fourth-order valence-electron chi connectivity index (χ4n) is 3.79. The lowest BCUT2D eigenvalue weighted by Gasteiger charge is -2.37. The summed E-state index contributed by atoms with van der Waals surface area (Å²) in [6, 6.07) is 21.4. The van der Waals surface area contributed by atoms with Gasteiger partial charge in [-0.2, -0.15) is 10.5 Å². The summed E-state index contributed by atoms with van der Waals surface area (Å²) >= 11 is 0. The van der Waals surface area contributed by atoms with Gasteiger partial charge in [0.2, 0.25) is 0 Å². The van der Waals surface area contributed by atoms with Crippen molar-refractivity contribution in [2.75, 3.05) is 42.6 Å². The zero-order valence-electron chi connectivity index (χ0n) is 15.4. The highest BCUT2D eigenvalue weighted by atomic mass is 16.2. The minimum absolute atomic E-state index is 0.131. The van der Waals surface area contributed by atoms with Crippen molar-refractivity contribution in [3.8, 4) is 12.1 Å². The monoisotopic (exact) mass is 369 g/mol. The number of anilines is 2. The third-order valence-electron chi connectivity index (χ3n) is 5.23. The molecule has 28 heavy (non-hydrogen) atoms. The molecule has 0 N–H and O–H groups in total. The minimum atomic E-state index is -0.273. The quantitative estimate of drug-likeness (QED) is 0.614. The van der Waals surface area contributed by atoms with Crippen LogP contribution in [0, 0.1) is 22.7 Å². The van der Waals surface area contributed by atoms with Crippen molar-refractivity contribution in [3.05, 3.63) is 65.7 Å². The number of piperazine rings is 1. The lowest BCUT2D eigenvalue weighted by Crippen LogP contribution is -2.50. The fourth-order valence-corrected chi connectivity index (χ4v) is 3.79. The summed E-state index contributed by atoms with van der Waals surface area (Å²) in [6.45, 7) is 3.90. The average molecular weight is 369 g/mol. The number of para-hydroxylation sites is 2. The molecule has 0 bridgehead atoms. The van der Waals surface area contributed by atoms with Crippen LogP contribution in [0.5, 0.6) is 0 Å². The van der Waals surface area contributed by atoms with Gasteiger partial charge in [0.1, 0.15) is 17.7 Å². The van der Waals surface area contributed by atoms with Gasteiger partial charge in [-0.1, -0.05) is 36.4 Å². The zero-order valence-corrected chi connectivity index (χ0v) is 15.4. The number of fused-ring (bicyclic) bond motifs is 1. The molecule has 0 unspecified atom stereocenters. The van der Waals surface area contributed by atoms with Gasteiger partial charge < -0.3 is 4.90 Å². The Balaban J connectivity index is 1.52. The second kappa shape index (κ2) is 7.56. The van der Waals surface area contributed by atoms with Crippen LogP contribution in [-0.2, 0) is 4.79 Å². The molecular weight excluding hydrogens is 350 g/mol. The Labute approximate surface area is 164 Å². The van der Waals surface area contributed by atoms with Gasteiger partial charge in [-0.15, -0.1) is 0 Å². The van der Waals surface area contributed by atoms with E-state index in [1.165, 1.54) is 5.69 Å². The topological polar surface area (TPSA) is 74.4 Å². The first-order valence-electron chi connectivity index (χ1n) is 9.21. The van der Waals surface area contributed by atoms with Crippen LogP contribution < -0.4 is 9.80 Å². The molecule has 2 aliphatic rings. The van der Waals surface area contributed by atoms with Gasteiger partial charge >= 0.3 is 0 Å². The third-order valence-corrected chi connectivity index (χ3v) is 5.23. The lowest BCUT2D eigenvalue weighted by molar-refractivity contribution is -0.113. The van der Waals surface area contributed by atoms with Crippen LogP contribution in [0.2, 0.25) is 0 Å². The van der Waals surface area contributed by atoms with Crippen LogP contribution in [-0.4, -0.2) is 43.7 Å². The van der Waals surface area contributed by atoms with Gasteiger partial charge in [0.25, 0.3) is 5.91 Å². The van der Waals surface area contributed by atoms with Crippen molar-refractivity contribution in [1.29, 1.82) is 10.5 Å². The molecular formula is C22H19N5O. The standard InChI is InChI=1S/C22H19N5O/c23-14-17(15-24)21-19-8-4-5-9-20(19)27(22(21)28)16-25-10-12-26(13-11-25)18-6-2-1-3-7-18/h1-9H,10-13,16H2. The molecule has 2 aromatic carbocycles. The minimum Gasteiger partial charge on any atom is -0.369 e. The third kappa shape index (κ3) is 3.11. The van der Waals surface area contributed by atoms with E-state index in [2.05, 4.69) is 21.9 Å². The number of hydrogen-bond acceptors (Lipinski definition) is 5. The first-order valence-corrected chi connectivity index (χ1v) is 9.21. The van der Waals surface area contributed by atoms with Crippen molar-refractivity contribution in [2.45, 2.75) is 0 Å². The van der Waals surface area contributed by atoms with Crippen LogP contribution in [0.15, 0.2) is 60.2 Å². The van der Waals surface area contributed by atoms with E-state index in [0.29, 0.717) is 12.2 Å². The molecule has 0 aromatic heterocycles. The van der Waals surface area contributed by atoms with E-state index >= 15 is 0 Å². The molecule has 0 radical (unpaired) electrons. The van der Waals surface area contributed by atoms with Gasteiger partial charge in [0.15, 0.2) is 0 Å². The Bertz CT molecular complexity index is 991. The molecule has 0 spiro atoms. The van der Waals surface area contributed by atoms with E-state index in [1.807, 2.05) is 48.5 Å². The summed E-state index contributed by atoms with van der Waals surface area (Å²) < 4.78 is 0. The molecule has 1 fully saturated rings. The van der Waals surface area contributed by atoms with E-state index in [-0.39, 0.29) is 17.1 Å². The molecule has 0 aliphatic carbocycles. The number of nitrogens with zero attached hydrogens (tertiary/aromatic N) is 5. The Morgan fingerprint density at radius 2 is 1.54 bits per heavy atom. The molecule has 6 nitrogen and oxygen atoms in total. The molecule has 0 atom stereocenters. The maximum absolute atomic E-state index is 13.0. The number of carbonyl (C=O) groups is 1. The second-order valence-corrected chi connectivity index (χ2v) is 6.81. The van der Waals surface area contributed by atoms with Gasteiger partial charge in [-0.05, 0) is 18.2 Å². The summed E-state index contributed by atoms with van der Waals surface area (Å²) in [6.07, 6.45) is 0. The Hall–Kier alpha value is -3.61. The fraction of sp³-hybridized carbons (Fsp3) is 0.227. The molecule has 0 saturated carbocycles. The molecule has 4 rings (SSSR count). The van der Waals surface area contributed by atoms with E-state index in [4.69, 9.17) is 0 Å². The molecule has 2 heterocycles. The van der Waals surface area contributed by atoms with Crippen LogP contribution in [0.25, 0.3) is 5.57 Å². The summed E-state index contributed by atoms with van der Waals surface area (Å²) in [5.41, 5.74) is 2.71. The normalized spacial score (nSPS) is 16.5. The zero-order chi connectivity index (χ0) is 19.5. The molecule has 6 heteroatoms. The largest absolute Gasteiger partial charge is 0.369 e. The number of benzene rings is 2. The van der Waals surface area contributed by atoms with Crippen LogP contribution in [0.1, 0.15) is 5.56 Å². The van der Waals surface area contributed by atoms with E-state index < -0.39 is 0 Å². The number of allylic oxidation sites excluding steroid dienone is 1. The van der Waals surface area contributed by atoms with Gasteiger partial charge in [-0.3, -0.25) is 14.6 Å². The number of rotatable bonds is 3. The molecule has 1 saturated heterocycles. The van der Waals surface area contributed by atoms with Gasteiger partial charge in [0.05, 0.1) is 17.9 Å². The number of nitriles is 2.